The van der Waals surface area contributed by atoms with E-state index in [1.807, 2.05) is 0 Å². The number of carbonyl (C=O) groups excluding carboxylic acids is 1. The van der Waals surface area contributed by atoms with Crippen molar-refractivity contribution in [2.75, 3.05) is 11.9 Å². The normalized spacial score (nSPS) is 12.1. The number of amides is 1. The molecule has 1 rings (SSSR count). The fraction of sp³-hybridized carbons (Fsp3) is 0.455. The van der Waals surface area contributed by atoms with Crippen LogP contribution in [0.1, 0.15) is 30.1 Å². The first-order valence-electron chi connectivity index (χ1n) is 5.39. The van der Waals surface area contributed by atoms with Gasteiger partial charge in [0.1, 0.15) is 5.82 Å². The highest BCUT2D eigenvalue weighted by Gasteiger charge is 2.06. The van der Waals surface area contributed by atoms with Crippen molar-refractivity contribution in [3.63, 3.8) is 0 Å². The average molecular weight is 222 g/mol. The molecule has 0 aromatic carbocycles. The number of carbonyl (C=O) groups is 1. The molecular weight excluding hydrogens is 204 g/mol. The molecule has 16 heavy (non-hydrogen) atoms. The third-order valence-corrected chi connectivity index (χ3v) is 2.32. The third kappa shape index (κ3) is 3.51. The van der Waals surface area contributed by atoms with E-state index in [-0.39, 0.29) is 6.04 Å². The topological polar surface area (TPSA) is 94.0 Å². The Morgan fingerprint density at radius 1 is 1.56 bits per heavy atom. The van der Waals surface area contributed by atoms with Crippen molar-refractivity contribution in [3.8, 4) is 0 Å². The van der Waals surface area contributed by atoms with E-state index >= 15 is 0 Å². The molecule has 0 bridgehead atoms. The molecule has 1 aromatic rings. The standard InChI is InChI=1S/C11H18N4O/c1-2-3-9(6-12)15-10-5-4-8(7-14-10)11(13)16/h4-5,7,9H,2-3,6,12H2,1H3,(H2,13,16)(H,14,15). The fourth-order valence-corrected chi connectivity index (χ4v) is 1.43. The summed E-state index contributed by atoms with van der Waals surface area (Å²) in [6.07, 6.45) is 3.52. The van der Waals surface area contributed by atoms with Gasteiger partial charge in [-0.2, -0.15) is 0 Å². The van der Waals surface area contributed by atoms with E-state index in [9.17, 15) is 4.79 Å². The van der Waals surface area contributed by atoms with Crippen LogP contribution >= 0.6 is 0 Å². The van der Waals surface area contributed by atoms with Gasteiger partial charge in [-0.05, 0) is 18.6 Å². The zero-order valence-corrected chi connectivity index (χ0v) is 9.44. The van der Waals surface area contributed by atoms with E-state index in [4.69, 9.17) is 11.5 Å². The Labute approximate surface area is 95.2 Å². The van der Waals surface area contributed by atoms with Crippen LogP contribution in [-0.2, 0) is 0 Å². The molecule has 0 fully saturated rings. The summed E-state index contributed by atoms with van der Waals surface area (Å²) in [4.78, 5) is 14.9. The van der Waals surface area contributed by atoms with Gasteiger partial charge in [-0.1, -0.05) is 13.3 Å². The quantitative estimate of drug-likeness (QED) is 0.661. The van der Waals surface area contributed by atoms with Crippen LogP contribution in [0.25, 0.3) is 0 Å². The number of pyridine rings is 1. The molecule has 0 radical (unpaired) electrons. The summed E-state index contributed by atoms with van der Waals surface area (Å²) in [6.45, 7) is 2.67. The van der Waals surface area contributed by atoms with Crippen molar-refractivity contribution >= 4 is 11.7 Å². The molecular formula is C11H18N4O. The highest BCUT2D eigenvalue weighted by atomic mass is 16.1. The van der Waals surface area contributed by atoms with E-state index in [1.54, 1.807) is 12.1 Å². The predicted molar refractivity (Wildman–Crippen MR) is 64.1 cm³/mol. The smallest absolute Gasteiger partial charge is 0.250 e. The van der Waals surface area contributed by atoms with Crippen molar-refractivity contribution in [1.82, 2.24) is 4.98 Å². The molecule has 1 atom stereocenters. The molecule has 0 saturated heterocycles. The SMILES string of the molecule is CCCC(CN)Nc1ccc(C(N)=O)cn1. The van der Waals surface area contributed by atoms with Gasteiger partial charge in [0.05, 0.1) is 5.56 Å². The maximum atomic E-state index is 10.8. The van der Waals surface area contributed by atoms with Gasteiger partial charge in [-0.3, -0.25) is 4.79 Å². The molecule has 0 aliphatic carbocycles. The number of hydrogen-bond acceptors (Lipinski definition) is 4. The van der Waals surface area contributed by atoms with Crippen LogP contribution in [0.4, 0.5) is 5.82 Å². The van der Waals surface area contributed by atoms with Crippen molar-refractivity contribution in [2.24, 2.45) is 11.5 Å². The summed E-state index contributed by atoms with van der Waals surface area (Å²) in [5.41, 5.74) is 11.1. The van der Waals surface area contributed by atoms with Crippen molar-refractivity contribution in [3.05, 3.63) is 23.9 Å². The number of anilines is 1. The van der Waals surface area contributed by atoms with Crippen LogP contribution in [0.15, 0.2) is 18.3 Å². The lowest BCUT2D eigenvalue weighted by atomic mass is 10.1. The molecule has 1 aromatic heterocycles. The van der Waals surface area contributed by atoms with E-state index in [2.05, 4.69) is 17.2 Å². The molecule has 5 heteroatoms. The first-order chi connectivity index (χ1) is 7.67. The maximum absolute atomic E-state index is 10.8. The Morgan fingerprint density at radius 3 is 2.75 bits per heavy atom. The maximum Gasteiger partial charge on any atom is 0.250 e. The Bertz CT molecular complexity index is 336. The Kier molecular flexibility index (Phi) is 4.72. The van der Waals surface area contributed by atoms with Crippen molar-refractivity contribution in [2.45, 2.75) is 25.8 Å². The number of primary amides is 1. The molecule has 0 spiro atoms. The Balaban J connectivity index is 2.63. The van der Waals surface area contributed by atoms with E-state index in [0.717, 1.165) is 12.8 Å². The van der Waals surface area contributed by atoms with E-state index in [0.29, 0.717) is 17.9 Å². The highest BCUT2D eigenvalue weighted by Crippen LogP contribution is 2.08. The molecule has 1 unspecified atom stereocenters. The second-order valence-corrected chi connectivity index (χ2v) is 3.66. The van der Waals surface area contributed by atoms with Crippen LogP contribution in [0.3, 0.4) is 0 Å². The zero-order valence-electron chi connectivity index (χ0n) is 9.44. The van der Waals surface area contributed by atoms with Crippen LogP contribution in [0, 0.1) is 0 Å². The molecule has 1 heterocycles. The van der Waals surface area contributed by atoms with Crippen molar-refractivity contribution < 1.29 is 4.79 Å². The van der Waals surface area contributed by atoms with Gasteiger partial charge in [0.2, 0.25) is 5.91 Å². The van der Waals surface area contributed by atoms with Crippen LogP contribution in [-0.4, -0.2) is 23.5 Å². The number of nitrogens with one attached hydrogen (secondary N) is 1. The number of rotatable bonds is 6. The number of nitrogens with zero attached hydrogens (tertiary/aromatic N) is 1. The minimum absolute atomic E-state index is 0.219. The zero-order chi connectivity index (χ0) is 12.0. The average Bonchev–Trinajstić information content (AvgIpc) is 2.29. The lowest BCUT2D eigenvalue weighted by Crippen LogP contribution is -2.29. The predicted octanol–water partition coefficient (Wildman–Crippen LogP) is 0.720. The Hall–Kier alpha value is -1.62. The van der Waals surface area contributed by atoms with Gasteiger partial charge in [-0.25, -0.2) is 4.98 Å². The lowest BCUT2D eigenvalue weighted by Gasteiger charge is -2.16. The van der Waals surface area contributed by atoms with Gasteiger partial charge in [-0.15, -0.1) is 0 Å². The summed E-state index contributed by atoms with van der Waals surface area (Å²) in [7, 11) is 0. The first-order valence-corrected chi connectivity index (χ1v) is 5.39. The molecule has 0 aliphatic rings. The van der Waals surface area contributed by atoms with Gasteiger partial charge in [0.25, 0.3) is 0 Å². The number of aromatic nitrogens is 1. The summed E-state index contributed by atoms with van der Waals surface area (Å²) in [6, 6.07) is 3.60. The third-order valence-electron chi connectivity index (χ3n) is 2.32. The minimum Gasteiger partial charge on any atom is -0.366 e. The highest BCUT2D eigenvalue weighted by molar-refractivity contribution is 5.92. The second kappa shape index (κ2) is 6.07. The summed E-state index contributed by atoms with van der Waals surface area (Å²) < 4.78 is 0. The fourth-order valence-electron chi connectivity index (χ4n) is 1.43. The van der Waals surface area contributed by atoms with Gasteiger partial charge >= 0.3 is 0 Å². The van der Waals surface area contributed by atoms with Crippen LogP contribution in [0.2, 0.25) is 0 Å². The van der Waals surface area contributed by atoms with Gasteiger partial charge in [0, 0.05) is 18.8 Å². The first kappa shape index (κ1) is 12.4. The molecule has 5 nitrogen and oxygen atoms in total. The minimum atomic E-state index is -0.469. The second-order valence-electron chi connectivity index (χ2n) is 3.66. The molecule has 88 valence electrons. The molecule has 5 N–H and O–H groups in total. The van der Waals surface area contributed by atoms with Gasteiger partial charge in [0.15, 0.2) is 0 Å². The van der Waals surface area contributed by atoms with E-state index in [1.165, 1.54) is 6.20 Å². The summed E-state index contributed by atoms with van der Waals surface area (Å²) in [5.74, 6) is 0.247. The molecule has 1 amide bonds. The largest absolute Gasteiger partial charge is 0.366 e. The molecule has 0 aliphatic heterocycles. The van der Waals surface area contributed by atoms with Crippen LogP contribution in [0.5, 0.6) is 0 Å². The summed E-state index contributed by atoms with van der Waals surface area (Å²) in [5, 5.41) is 3.21. The lowest BCUT2D eigenvalue weighted by molar-refractivity contribution is 0.1000. The summed E-state index contributed by atoms with van der Waals surface area (Å²) >= 11 is 0. The van der Waals surface area contributed by atoms with Crippen molar-refractivity contribution in [1.29, 1.82) is 0 Å². The van der Waals surface area contributed by atoms with Crippen LogP contribution < -0.4 is 16.8 Å². The van der Waals surface area contributed by atoms with Gasteiger partial charge < -0.3 is 16.8 Å². The number of hydrogen-bond donors (Lipinski definition) is 3. The molecule has 0 saturated carbocycles. The number of nitrogens with two attached hydrogens (primary N) is 2. The van der Waals surface area contributed by atoms with E-state index < -0.39 is 5.91 Å². The monoisotopic (exact) mass is 222 g/mol. The Morgan fingerprint density at radius 2 is 2.31 bits per heavy atom.